The number of ether oxygens (including phenoxy) is 2. The SMILES string of the molecule is CC.CCC.CCOC(=O)CCCCCCOc1ccc2c(NC3CCN(Cc4ccccc4)CC3)nc(N3CCCN(C)CC3)nc2c1. The highest BCUT2D eigenvalue weighted by Crippen LogP contribution is 2.29. The van der Waals surface area contributed by atoms with Crippen LogP contribution in [-0.2, 0) is 16.1 Å². The molecule has 0 saturated carbocycles. The molecule has 0 amide bonds. The van der Waals surface area contributed by atoms with Gasteiger partial charge in [-0.05, 0) is 70.3 Å². The van der Waals surface area contributed by atoms with Crippen molar-refractivity contribution in [3.05, 3.63) is 54.1 Å². The highest BCUT2D eigenvalue weighted by Gasteiger charge is 2.22. The minimum Gasteiger partial charge on any atom is -0.494 e. The molecule has 0 atom stereocenters. The van der Waals surface area contributed by atoms with Crippen LogP contribution in [0.25, 0.3) is 10.9 Å². The molecule has 1 N–H and O–H groups in total. The van der Waals surface area contributed by atoms with Crippen LogP contribution in [0.5, 0.6) is 5.75 Å². The number of hydrogen-bond acceptors (Lipinski definition) is 9. The Morgan fingerprint density at radius 1 is 0.878 bits per heavy atom. The summed E-state index contributed by atoms with van der Waals surface area (Å²) in [6.45, 7) is 18.3. The molecule has 9 nitrogen and oxygen atoms in total. The van der Waals surface area contributed by atoms with Gasteiger partial charge in [-0.1, -0.05) is 77.3 Å². The van der Waals surface area contributed by atoms with Gasteiger partial charge in [0, 0.05) is 63.2 Å². The van der Waals surface area contributed by atoms with E-state index in [0.29, 0.717) is 25.7 Å². The van der Waals surface area contributed by atoms with Crippen LogP contribution in [0.1, 0.15) is 98.0 Å². The number of nitrogens with zero attached hydrogens (tertiary/aromatic N) is 5. The highest BCUT2D eigenvalue weighted by molar-refractivity contribution is 5.91. The molecule has 0 aliphatic carbocycles. The van der Waals surface area contributed by atoms with Gasteiger partial charge in [-0.2, -0.15) is 4.98 Å². The molecule has 0 spiro atoms. The van der Waals surface area contributed by atoms with Crippen molar-refractivity contribution in [2.45, 2.75) is 105 Å². The molecule has 272 valence electrons. The summed E-state index contributed by atoms with van der Waals surface area (Å²) < 4.78 is 11.2. The number of nitrogens with one attached hydrogen (secondary N) is 1. The van der Waals surface area contributed by atoms with Crippen LogP contribution in [0.15, 0.2) is 48.5 Å². The summed E-state index contributed by atoms with van der Waals surface area (Å²) >= 11 is 0. The molecule has 0 unspecified atom stereocenters. The summed E-state index contributed by atoms with van der Waals surface area (Å²) in [7, 11) is 2.19. The second-order valence-electron chi connectivity index (χ2n) is 12.9. The standard InChI is InChI=1S/C35H50N6O3.C3H8.C2H6/c1-3-43-33(42)14-9-4-5-10-25-44-30-15-16-31-32(26-30)37-35(41-20-11-19-39(2)23-24-41)38-34(31)36-29-17-21-40(22-18-29)27-28-12-7-6-8-13-28;1-3-2;1-2/h6-8,12-13,15-16,26,29H,3-5,9-11,14,17-25,27H2,1-2H3,(H,36,37,38);3H2,1-2H3;1-2H3. The fraction of sp³-hybridized carbons (Fsp3) is 0.625. The third-order valence-electron chi connectivity index (χ3n) is 8.69. The van der Waals surface area contributed by atoms with Gasteiger partial charge in [-0.3, -0.25) is 9.69 Å². The number of likely N-dealkylation sites (tertiary alicyclic amines) is 1. The van der Waals surface area contributed by atoms with Crippen molar-refractivity contribution in [1.82, 2.24) is 19.8 Å². The number of unbranched alkanes of at least 4 members (excludes halogenated alkanes) is 3. The quantitative estimate of drug-likeness (QED) is 0.134. The lowest BCUT2D eigenvalue weighted by Gasteiger charge is -2.33. The van der Waals surface area contributed by atoms with E-state index < -0.39 is 0 Å². The first-order valence-corrected chi connectivity index (χ1v) is 19.1. The number of likely N-dealkylation sites (N-methyl/N-ethyl adjacent to an activating group) is 1. The van der Waals surface area contributed by atoms with Gasteiger partial charge in [0.2, 0.25) is 5.95 Å². The smallest absolute Gasteiger partial charge is 0.305 e. The Labute approximate surface area is 296 Å². The molecule has 1 aromatic heterocycles. The molecule has 3 heterocycles. The van der Waals surface area contributed by atoms with Crippen LogP contribution in [0, 0.1) is 0 Å². The van der Waals surface area contributed by atoms with E-state index in [9.17, 15) is 4.79 Å². The van der Waals surface area contributed by atoms with E-state index in [-0.39, 0.29) is 5.97 Å². The molecule has 0 radical (unpaired) electrons. The molecular formula is C40H64N6O3. The zero-order valence-electron chi connectivity index (χ0n) is 31.4. The molecule has 3 aromatic rings. The second-order valence-corrected chi connectivity index (χ2v) is 12.9. The largest absolute Gasteiger partial charge is 0.494 e. The van der Waals surface area contributed by atoms with E-state index >= 15 is 0 Å². The van der Waals surface area contributed by atoms with Crippen LogP contribution in [0.3, 0.4) is 0 Å². The Morgan fingerprint density at radius 3 is 2.35 bits per heavy atom. The fourth-order valence-electron chi connectivity index (χ4n) is 6.10. The van der Waals surface area contributed by atoms with Gasteiger partial charge in [-0.25, -0.2) is 4.98 Å². The summed E-state index contributed by atoms with van der Waals surface area (Å²) in [4.78, 5) is 29.0. The lowest BCUT2D eigenvalue weighted by atomic mass is 10.0. The minimum absolute atomic E-state index is 0.101. The van der Waals surface area contributed by atoms with Crippen LogP contribution < -0.4 is 15.0 Å². The molecule has 2 aromatic carbocycles. The fourth-order valence-corrected chi connectivity index (χ4v) is 6.10. The number of benzene rings is 2. The molecule has 0 bridgehead atoms. The minimum atomic E-state index is -0.101. The predicted octanol–water partition coefficient (Wildman–Crippen LogP) is 8.18. The van der Waals surface area contributed by atoms with Gasteiger partial charge in [-0.15, -0.1) is 0 Å². The molecular weight excluding hydrogens is 612 g/mol. The average molecular weight is 677 g/mol. The summed E-state index contributed by atoms with van der Waals surface area (Å²) in [5.41, 5.74) is 2.30. The number of fused-ring (bicyclic) bond motifs is 1. The van der Waals surface area contributed by atoms with Crippen LogP contribution in [0.4, 0.5) is 11.8 Å². The monoisotopic (exact) mass is 677 g/mol. The van der Waals surface area contributed by atoms with E-state index in [4.69, 9.17) is 19.4 Å². The number of aromatic nitrogens is 2. The summed E-state index contributed by atoms with van der Waals surface area (Å²) in [5.74, 6) is 2.47. The lowest BCUT2D eigenvalue weighted by Crippen LogP contribution is -2.39. The Kier molecular flexibility index (Phi) is 18.8. The number of carbonyl (C=O) groups excluding carboxylic acids is 1. The number of hydrogen-bond donors (Lipinski definition) is 1. The van der Waals surface area contributed by atoms with Gasteiger partial charge >= 0.3 is 5.97 Å². The third kappa shape index (κ3) is 14.1. The number of anilines is 2. The summed E-state index contributed by atoms with van der Waals surface area (Å²) in [5, 5.41) is 4.87. The van der Waals surface area contributed by atoms with E-state index in [0.717, 1.165) is 119 Å². The van der Waals surface area contributed by atoms with Crippen LogP contribution in [-0.4, -0.2) is 91.3 Å². The first kappa shape index (κ1) is 40.0. The third-order valence-corrected chi connectivity index (χ3v) is 8.69. The summed E-state index contributed by atoms with van der Waals surface area (Å²) in [6.07, 6.45) is 8.87. The van der Waals surface area contributed by atoms with Gasteiger partial charge in [0.05, 0.1) is 18.7 Å². The molecule has 49 heavy (non-hydrogen) atoms. The zero-order chi connectivity index (χ0) is 35.3. The predicted molar refractivity (Wildman–Crippen MR) is 205 cm³/mol. The van der Waals surface area contributed by atoms with Crippen molar-refractivity contribution in [1.29, 1.82) is 0 Å². The Morgan fingerprint density at radius 2 is 1.61 bits per heavy atom. The molecule has 2 fully saturated rings. The number of carbonyl (C=O) groups is 1. The van der Waals surface area contributed by atoms with E-state index in [1.165, 1.54) is 12.0 Å². The lowest BCUT2D eigenvalue weighted by molar-refractivity contribution is -0.143. The number of rotatable bonds is 14. The Bertz CT molecular complexity index is 1330. The van der Waals surface area contributed by atoms with E-state index in [1.54, 1.807) is 0 Å². The first-order chi connectivity index (χ1) is 24.0. The van der Waals surface area contributed by atoms with Crippen molar-refractivity contribution in [2.24, 2.45) is 0 Å². The molecule has 2 saturated heterocycles. The first-order valence-electron chi connectivity index (χ1n) is 19.1. The maximum atomic E-state index is 11.5. The second kappa shape index (κ2) is 23.1. The van der Waals surface area contributed by atoms with E-state index in [2.05, 4.69) is 83.4 Å². The normalized spacial score (nSPS) is 15.8. The van der Waals surface area contributed by atoms with Crippen LogP contribution in [0.2, 0.25) is 0 Å². The number of esters is 1. The molecule has 5 rings (SSSR count). The number of piperidine rings is 1. The van der Waals surface area contributed by atoms with Crippen molar-refractivity contribution in [3.8, 4) is 5.75 Å². The maximum absolute atomic E-state index is 11.5. The van der Waals surface area contributed by atoms with Gasteiger partial charge in [0.15, 0.2) is 0 Å². The average Bonchev–Trinajstić information content (AvgIpc) is 3.34. The van der Waals surface area contributed by atoms with Crippen molar-refractivity contribution >= 4 is 28.6 Å². The van der Waals surface area contributed by atoms with Crippen LogP contribution >= 0.6 is 0 Å². The molecule has 9 heteroatoms. The molecule has 2 aliphatic rings. The Hall–Kier alpha value is -3.43. The zero-order valence-corrected chi connectivity index (χ0v) is 31.4. The van der Waals surface area contributed by atoms with Crippen molar-refractivity contribution in [3.63, 3.8) is 0 Å². The van der Waals surface area contributed by atoms with Gasteiger partial charge in [0.1, 0.15) is 11.6 Å². The maximum Gasteiger partial charge on any atom is 0.305 e. The molecule has 2 aliphatic heterocycles. The van der Waals surface area contributed by atoms with Gasteiger partial charge < -0.3 is 24.6 Å². The van der Waals surface area contributed by atoms with E-state index in [1.807, 2.05) is 26.8 Å². The van der Waals surface area contributed by atoms with Crippen molar-refractivity contribution in [2.75, 3.05) is 69.7 Å². The highest BCUT2D eigenvalue weighted by atomic mass is 16.5. The van der Waals surface area contributed by atoms with Gasteiger partial charge in [0.25, 0.3) is 0 Å². The summed E-state index contributed by atoms with van der Waals surface area (Å²) in [6, 6.07) is 17.4. The Balaban J connectivity index is 0.00000123. The van der Waals surface area contributed by atoms with Crippen molar-refractivity contribution < 1.29 is 14.3 Å². The topological polar surface area (TPSA) is 83.1 Å².